The average molecular weight is 277 g/mol. The van der Waals surface area contributed by atoms with Crippen LogP contribution in [-0.2, 0) is 4.79 Å². The Morgan fingerprint density at radius 1 is 1.25 bits per heavy atom. The van der Waals surface area contributed by atoms with E-state index >= 15 is 0 Å². The molecule has 0 unspecified atom stereocenters. The number of unbranched alkanes of at least 4 members (excludes halogenated alkanes) is 2. The van der Waals surface area contributed by atoms with Gasteiger partial charge in [-0.2, -0.15) is 0 Å². The molecule has 0 radical (unpaired) electrons. The molecule has 1 N–H and O–H groups in total. The van der Waals surface area contributed by atoms with Crippen molar-refractivity contribution < 1.29 is 14.6 Å². The van der Waals surface area contributed by atoms with Gasteiger partial charge in [-0.3, -0.25) is 9.69 Å². The number of carbonyl (C=O) groups is 1. The van der Waals surface area contributed by atoms with Crippen LogP contribution < -0.4 is 4.74 Å². The molecule has 0 aliphatic carbocycles. The van der Waals surface area contributed by atoms with Gasteiger partial charge in [-0.05, 0) is 57.3 Å². The summed E-state index contributed by atoms with van der Waals surface area (Å²) in [5.74, 6) is 0.243. The predicted octanol–water partition coefficient (Wildman–Crippen LogP) is 2.78. The Morgan fingerprint density at radius 3 is 2.80 bits per heavy atom. The molecule has 0 bridgehead atoms. The minimum atomic E-state index is -0.671. The summed E-state index contributed by atoms with van der Waals surface area (Å²) in [6.07, 6.45) is 4.94. The van der Waals surface area contributed by atoms with Gasteiger partial charge < -0.3 is 9.84 Å². The molecule has 2 rings (SSSR count). The summed E-state index contributed by atoms with van der Waals surface area (Å²) in [5, 5.41) is 9.09. The first-order valence-corrected chi connectivity index (χ1v) is 7.42. The third-order valence-corrected chi connectivity index (χ3v) is 3.75. The van der Waals surface area contributed by atoms with Gasteiger partial charge in [-0.25, -0.2) is 0 Å². The Hall–Kier alpha value is -1.55. The highest BCUT2D eigenvalue weighted by Gasteiger charge is 2.29. The number of hydrogen-bond acceptors (Lipinski definition) is 3. The molecule has 0 spiro atoms. The number of carboxylic acid groups (broad SMARTS) is 1. The maximum Gasteiger partial charge on any atom is 0.320 e. The number of hydrogen-bond donors (Lipinski definition) is 1. The molecular formula is C16H23NO3. The third-order valence-electron chi connectivity index (χ3n) is 3.75. The fraction of sp³-hybridized carbons (Fsp3) is 0.562. The van der Waals surface area contributed by atoms with Crippen LogP contribution in [0, 0.1) is 0 Å². The summed E-state index contributed by atoms with van der Waals surface area (Å²) in [7, 11) is 0. The van der Waals surface area contributed by atoms with Crippen LogP contribution >= 0.6 is 0 Å². The molecular weight excluding hydrogens is 254 g/mol. The lowest BCUT2D eigenvalue weighted by atomic mass is 10.2. The molecule has 0 aromatic heterocycles. The van der Waals surface area contributed by atoms with Gasteiger partial charge in [0.2, 0.25) is 0 Å². The molecule has 1 fully saturated rings. The summed E-state index contributed by atoms with van der Waals surface area (Å²) < 4.78 is 5.63. The molecule has 1 aromatic carbocycles. The zero-order valence-corrected chi connectivity index (χ0v) is 11.8. The molecule has 1 aliphatic rings. The molecule has 4 heteroatoms. The van der Waals surface area contributed by atoms with Gasteiger partial charge in [0.05, 0.1) is 6.61 Å². The van der Waals surface area contributed by atoms with Crippen molar-refractivity contribution in [2.45, 2.75) is 38.1 Å². The van der Waals surface area contributed by atoms with Crippen LogP contribution in [0.25, 0.3) is 0 Å². The minimum Gasteiger partial charge on any atom is -0.494 e. The maximum atomic E-state index is 11.0. The number of rotatable bonds is 8. The van der Waals surface area contributed by atoms with Gasteiger partial charge >= 0.3 is 5.97 Å². The van der Waals surface area contributed by atoms with E-state index in [4.69, 9.17) is 9.84 Å². The Balaban J connectivity index is 1.54. The minimum absolute atomic E-state index is 0.254. The number of aliphatic carboxylic acids is 1. The second kappa shape index (κ2) is 7.90. The fourth-order valence-corrected chi connectivity index (χ4v) is 2.67. The van der Waals surface area contributed by atoms with E-state index in [9.17, 15) is 4.79 Å². The normalized spacial score (nSPS) is 19.1. The smallest absolute Gasteiger partial charge is 0.320 e. The Kier molecular flexibility index (Phi) is 5.87. The number of nitrogens with zero attached hydrogens (tertiary/aromatic N) is 1. The molecule has 4 nitrogen and oxygen atoms in total. The van der Waals surface area contributed by atoms with Crippen molar-refractivity contribution in [1.82, 2.24) is 4.90 Å². The summed E-state index contributed by atoms with van der Waals surface area (Å²) in [5.41, 5.74) is 0. The highest BCUT2D eigenvalue weighted by atomic mass is 16.5. The number of para-hydroxylation sites is 1. The zero-order valence-electron chi connectivity index (χ0n) is 11.8. The van der Waals surface area contributed by atoms with Crippen molar-refractivity contribution in [3.63, 3.8) is 0 Å². The number of carboxylic acids is 1. The van der Waals surface area contributed by atoms with E-state index in [0.29, 0.717) is 0 Å². The molecule has 1 aromatic rings. The predicted molar refractivity (Wildman–Crippen MR) is 78.0 cm³/mol. The number of benzene rings is 1. The van der Waals surface area contributed by atoms with Crippen LogP contribution in [-0.4, -0.2) is 41.7 Å². The van der Waals surface area contributed by atoms with Crippen molar-refractivity contribution in [2.24, 2.45) is 0 Å². The van der Waals surface area contributed by atoms with Crippen LogP contribution in [0.2, 0.25) is 0 Å². The lowest BCUT2D eigenvalue weighted by Crippen LogP contribution is -2.36. The number of ether oxygens (including phenoxy) is 1. The van der Waals surface area contributed by atoms with Crippen LogP contribution in [0.4, 0.5) is 0 Å². The summed E-state index contributed by atoms with van der Waals surface area (Å²) >= 11 is 0. The SMILES string of the molecule is O=C(O)[C@H]1CCCN1CCCCCOc1ccccc1. The van der Waals surface area contributed by atoms with Crippen LogP contribution in [0.15, 0.2) is 30.3 Å². The fourth-order valence-electron chi connectivity index (χ4n) is 2.67. The monoisotopic (exact) mass is 277 g/mol. The highest BCUT2D eigenvalue weighted by Crippen LogP contribution is 2.18. The second-order valence-electron chi connectivity index (χ2n) is 5.25. The third kappa shape index (κ3) is 4.53. The highest BCUT2D eigenvalue weighted by molar-refractivity contribution is 5.73. The van der Waals surface area contributed by atoms with E-state index in [1.165, 1.54) is 0 Å². The molecule has 110 valence electrons. The van der Waals surface area contributed by atoms with E-state index in [1.54, 1.807) is 0 Å². The topological polar surface area (TPSA) is 49.8 Å². The van der Waals surface area contributed by atoms with Gasteiger partial charge in [0.15, 0.2) is 0 Å². The first-order chi connectivity index (χ1) is 9.77. The van der Waals surface area contributed by atoms with E-state index < -0.39 is 5.97 Å². The van der Waals surface area contributed by atoms with Crippen molar-refractivity contribution in [1.29, 1.82) is 0 Å². The summed E-state index contributed by atoms with van der Waals surface area (Å²) in [6.45, 7) is 2.55. The molecule has 1 heterocycles. The van der Waals surface area contributed by atoms with E-state index in [0.717, 1.165) is 57.6 Å². The quantitative estimate of drug-likeness (QED) is 0.742. The molecule has 1 atom stereocenters. The summed E-state index contributed by atoms with van der Waals surface area (Å²) in [4.78, 5) is 13.1. The lowest BCUT2D eigenvalue weighted by Gasteiger charge is -2.20. The van der Waals surface area contributed by atoms with Crippen molar-refractivity contribution >= 4 is 5.97 Å². The van der Waals surface area contributed by atoms with E-state index in [-0.39, 0.29) is 6.04 Å². The van der Waals surface area contributed by atoms with Gasteiger partial charge in [0, 0.05) is 0 Å². The van der Waals surface area contributed by atoms with Gasteiger partial charge in [-0.15, -0.1) is 0 Å². The van der Waals surface area contributed by atoms with Crippen molar-refractivity contribution in [2.75, 3.05) is 19.7 Å². The van der Waals surface area contributed by atoms with E-state index in [1.807, 2.05) is 30.3 Å². The second-order valence-corrected chi connectivity index (χ2v) is 5.25. The molecule has 1 saturated heterocycles. The average Bonchev–Trinajstić information content (AvgIpc) is 2.92. The number of likely N-dealkylation sites (tertiary alicyclic amines) is 1. The molecule has 0 amide bonds. The lowest BCUT2D eigenvalue weighted by molar-refractivity contribution is -0.142. The van der Waals surface area contributed by atoms with Crippen LogP contribution in [0.3, 0.4) is 0 Å². The molecule has 0 saturated carbocycles. The van der Waals surface area contributed by atoms with Crippen molar-refractivity contribution in [3.05, 3.63) is 30.3 Å². The summed E-state index contributed by atoms with van der Waals surface area (Å²) in [6, 6.07) is 9.57. The van der Waals surface area contributed by atoms with Gasteiger partial charge in [0.1, 0.15) is 11.8 Å². The largest absolute Gasteiger partial charge is 0.494 e. The van der Waals surface area contributed by atoms with Crippen LogP contribution in [0.1, 0.15) is 32.1 Å². The Bertz CT molecular complexity index is 407. The molecule has 20 heavy (non-hydrogen) atoms. The van der Waals surface area contributed by atoms with E-state index in [2.05, 4.69) is 4.90 Å². The standard InChI is InChI=1S/C16H23NO3/c18-16(19)15-10-7-12-17(15)11-5-2-6-13-20-14-8-3-1-4-9-14/h1,3-4,8-9,15H,2,5-7,10-13H2,(H,18,19)/t15-/m1/s1. The van der Waals surface area contributed by atoms with Gasteiger partial charge in [-0.1, -0.05) is 18.2 Å². The maximum absolute atomic E-state index is 11.0. The molecule has 1 aliphatic heterocycles. The first-order valence-electron chi connectivity index (χ1n) is 7.42. The van der Waals surface area contributed by atoms with Gasteiger partial charge in [0.25, 0.3) is 0 Å². The van der Waals surface area contributed by atoms with Crippen LogP contribution in [0.5, 0.6) is 5.75 Å². The first kappa shape index (κ1) is 14.9. The zero-order chi connectivity index (χ0) is 14.2. The van der Waals surface area contributed by atoms with Crippen molar-refractivity contribution in [3.8, 4) is 5.75 Å². The Morgan fingerprint density at radius 2 is 2.05 bits per heavy atom. The Labute approximate surface area is 120 Å².